The number of carbonyl (C=O) groups excluding carboxylic acids is 2. The van der Waals surface area contributed by atoms with Crippen LogP contribution in [0.15, 0.2) is 18.3 Å². The van der Waals surface area contributed by atoms with Crippen molar-refractivity contribution in [1.29, 1.82) is 0 Å². The molecule has 0 bridgehead atoms. The van der Waals surface area contributed by atoms with Gasteiger partial charge in [-0.1, -0.05) is 0 Å². The number of piperidine rings is 1. The highest BCUT2D eigenvalue weighted by atomic mass is 16.6. The van der Waals surface area contributed by atoms with E-state index in [0.29, 0.717) is 18.8 Å². The van der Waals surface area contributed by atoms with Crippen LogP contribution in [0, 0.1) is 0 Å². The Bertz CT molecular complexity index is 580. The van der Waals surface area contributed by atoms with Crippen LogP contribution in [-0.2, 0) is 9.53 Å². The van der Waals surface area contributed by atoms with Gasteiger partial charge in [0, 0.05) is 26.1 Å². The van der Waals surface area contributed by atoms with Crippen molar-refractivity contribution in [3.8, 4) is 0 Å². The Morgan fingerprint density at radius 2 is 2.13 bits per heavy atom. The van der Waals surface area contributed by atoms with Gasteiger partial charge in [-0.05, 0) is 39.3 Å². The molecule has 0 aliphatic carbocycles. The van der Waals surface area contributed by atoms with Crippen LogP contribution in [0.4, 0.5) is 16.3 Å². The maximum atomic E-state index is 12.4. The monoisotopic (exact) mass is 320 g/mol. The lowest BCUT2D eigenvalue weighted by Gasteiger charge is -2.36. The molecule has 0 saturated carbocycles. The predicted molar refractivity (Wildman–Crippen MR) is 88.0 cm³/mol. The molecular formula is C16H24N4O3. The quantitative estimate of drug-likeness (QED) is 0.900. The number of nitrogen functional groups attached to an aromatic ring is 1. The van der Waals surface area contributed by atoms with Crippen LogP contribution in [0.5, 0.6) is 0 Å². The Balaban J connectivity index is 1.99. The molecular weight excluding hydrogens is 296 g/mol. The number of ether oxygens (including phenoxy) is 1. The van der Waals surface area contributed by atoms with Crippen LogP contribution in [0.2, 0.25) is 0 Å². The fraction of sp³-hybridized carbons (Fsp3) is 0.562. The molecule has 2 heterocycles. The van der Waals surface area contributed by atoms with Crippen molar-refractivity contribution < 1.29 is 14.3 Å². The van der Waals surface area contributed by atoms with E-state index in [1.807, 2.05) is 20.8 Å². The Morgan fingerprint density at radius 1 is 1.43 bits per heavy atom. The van der Waals surface area contributed by atoms with E-state index in [9.17, 15) is 9.59 Å². The van der Waals surface area contributed by atoms with Gasteiger partial charge in [-0.15, -0.1) is 0 Å². The zero-order valence-electron chi connectivity index (χ0n) is 14.1. The third-order valence-corrected chi connectivity index (χ3v) is 3.71. The molecule has 1 aromatic rings. The van der Waals surface area contributed by atoms with Crippen LogP contribution < -0.4 is 10.6 Å². The highest BCUT2D eigenvalue weighted by Crippen LogP contribution is 2.24. The molecule has 0 aromatic carbocycles. The van der Waals surface area contributed by atoms with Crippen LogP contribution in [-0.4, -0.2) is 47.1 Å². The van der Waals surface area contributed by atoms with Crippen molar-refractivity contribution in [2.45, 2.75) is 45.3 Å². The van der Waals surface area contributed by atoms with Crippen molar-refractivity contribution >= 4 is 23.5 Å². The number of anilines is 2. The Labute approximate surface area is 136 Å². The maximum Gasteiger partial charge on any atom is 0.410 e. The SMILES string of the molecule is CN(C(=O)OC(C)(C)C)C1CCN(c2ccc(N)nc2)C(=O)C1. The van der Waals surface area contributed by atoms with Crippen LogP contribution in [0.25, 0.3) is 0 Å². The second kappa shape index (κ2) is 6.44. The van der Waals surface area contributed by atoms with E-state index in [-0.39, 0.29) is 18.4 Å². The van der Waals surface area contributed by atoms with E-state index in [2.05, 4.69) is 4.98 Å². The summed E-state index contributed by atoms with van der Waals surface area (Å²) in [6.07, 6.45) is 2.13. The molecule has 1 aliphatic rings. The third-order valence-electron chi connectivity index (χ3n) is 3.71. The first kappa shape index (κ1) is 17.1. The first-order valence-corrected chi connectivity index (χ1v) is 7.65. The lowest BCUT2D eigenvalue weighted by molar-refractivity contribution is -0.120. The molecule has 126 valence electrons. The number of aromatic nitrogens is 1. The van der Waals surface area contributed by atoms with E-state index in [4.69, 9.17) is 10.5 Å². The number of pyridine rings is 1. The zero-order valence-corrected chi connectivity index (χ0v) is 14.1. The predicted octanol–water partition coefficient (Wildman–Crippen LogP) is 2.03. The van der Waals surface area contributed by atoms with Gasteiger partial charge in [0.15, 0.2) is 0 Å². The molecule has 1 unspecified atom stereocenters. The van der Waals surface area contributed by atoms with Gasteiger partial charge in [0.1, 0.15) is 11.4 Å². The van der Waals surface area contributed by atoms with Gasteiger partial charge in [-0.2, -0.15) is 0 Å². The molecule has 2 N–H and O–H groups in total. The molecule has 2 rings (SSSR count). The summed E-state index contributed by atoms with van der Waals surface area (Å²) in [6, 6.07) is 3.29. The summed E-state index contributed by atoms with van der Waals surface area (Å²) in [6.45, 7) is 5.99. The Hall–Kier alpha value is -2.31. The number of hydrogen-bond acceptors (Lipinski definition) is 5. The lowest BCUT2D eigenvalue weighted by atomic mass is 10.0. The van der Waals surface area contributed by atoms with E-state index < -0.39 is 11.7 Å². The van der Waals surface area contributed by atoms with Crippen LogP contribution in [0.1, 0.15) is 33.6 Å². The molecule has 2 amide bonds. The van der Waals surface area contributed by atoms with Gasteiger partial charge in [-0.3, -0.25) is 4.79 Å². The number of nitrogens with zero attached hydrogens (tertiary/aromatic N) is 3. The summed E-state index contributed by atoms with van der Waals surface area (Å²) < 4.78 is 5.35. The molecule has 1 aromatic heterocycles. The van der Waals surface area contributed by atoms with E-state index in [1.54, 1.807) is 30.3 Å². The highest BCUT2D eigenvalue weighted by Gasteiger charge is 2.33. The molecule has 7 heteroatoms. The molecule has 1 saturated heterocycles. The van der Waals surface area contributed by atoms with Crippen molar-refractivity contribution in [1.82, 2.24) is 9.88 Å². The summed E-state index contributed by atoms with van der Waals surface area (Å²) in [5, 5.41) is 0. The fourth-order valence-electron chi connectivity index (χ4n) is 2.46. The number of rotatable bonds is 2. The van der Waals surface area contributed by atoms with Gasteiger partial charge in [-0.25, -0.2) is 9.78 Å². The second-order valence-corrected chi connectivity index (χ2v) is 6.72. The van der Waals surface area contributed by atoms with Gasteiger partial charge in [0.25, 0.3) is 0 Å². The summed E-state index contributed by atoms with van der Waals surface area (Å²) in [5.41, 5.74) is 5.74. The second-order valence-electron chi connectivity index (χ2n) is 6.72. The van der Waals surface area contributed by atoms with Gasteiger partial charge < -0.3 is 20.3 Å². The van der Waals surface area contributed by atoms with Crippen LogP contribution >= 0.6 is 0 Å². The van der Waals surface area contributed by atoms with Crippen molar-refractivity contribution in [2.75, 3.05) is 24.2 Å². The summed E-state index contributed by atoms with van der Waals surface area (Å²) in [4.78, 5) is 31.7. The third kappa shape index (κ3) is 4.34. The number of carbonyl (C=O) groups is 2. The molecule has 1 fully saturated rings. The average molecular weight is 320 g/mol. The standard InChI is InChI=1S/C16H24N4O3/c1-16(2,3)23-15(22)19(4)11-7-8-20(14(21)9-11)12-5-6-13(17)18-10-12/h5-6,10-11H,7-9H2,1-4H3,(H2,17,18). The minimum Gasteiger partial charge on any atom is -0.444 e. The average Bonchev–Trinajstić information content (AvgIpc) is 2.45. The molecule has 1 aliphatic heterocycles. The molecule has 1 atom stereocenters. The van der Waals surface area contributed by atoms with Crippen molar-refractivity contribution in [3.63, 3.8) is 0 Å². The number of hydrogen-bond donors (Lipinski definition) is 1. The summed E-state index contributed by atoms with van der Waals surface area (Å²) >= 11 is 0. The Morgan fingerprint density at radius 3 is 2.65 bits per heavy atom. The molecule has 0 radical (unpaired) electrons. The summed E-state index contributed by atoms with van der Waals surface area (Å²) in [5.74, 6) is 0.379. The molecule has 23 heavy (non-hydrogen) atoms. The minimum absolute atomic E-state index is 0.0387. The number of amides is 2. The Kier molecular flexibility index (Phi) is 4.77. The van der Waals surface area contributed by atoms with Crippen molar-refractivity contribution in [3.05, 3.63) is 18.3 Å². The molecule has 7 nitrogen and oxygen atoms in total. The van der Waals surface area contributed by atoms with Crippen molar-refractivity contribution in [2.24, 2.45) is 0 Å². The van der Waals surface area contributed by atoms with E-state index in [1.165, 1.54) is 4.90 Å². The van der Waals surface area contributed by atoms with Gasteiger partial charge >= 0.3 is 6.09 Å². The lowest BCUT2D eigenvalue weighted by Crippen LogP contribution is -2.49. The highest BCUT2D eigenvalue weighted by molar-refractivity contribution is 5.94. The van der Waals surface area contributed by atoms with Crippen LogP contribution in [0.3, 0.4) is 0 Å². The minimum atomic E-state index is -0.550. The van der Waals surface area contributed by atoms with E-state index >= 15 is 0 Å². The first-order valence-electron chi connectivity index (χ1n) is 7.65. The number of nitrogens with two attached hydrogens (primary N) is 1. The van der Waals surface area contributed by atoms with Gasteiger partial charge in [0.2, 0.25) is 5.91 Å². The molecule has 0 spiro atoms. The normalized spacial score (nSPS) is 18.7. The fourth-order valence-corrected chi connectivity index (χ4v) is 2.46. The largest absolute Gasteiger partial charge is 0.444 e. The van der Waals surface area contributed by atoms with Gasteiger partial charge in [0.05, 0.1) is 11.9 Å². The smallest absolute Gasteiger partial charge is 0.410 e. The van der Waals surface area contributed by atoms with E-state index in [0.717, 1.165) is 5.69 Å². The first-order chi connectivity index (χ1) is 10.7. The maximum absolute atomic E-state index is 12.4. The topological polar surface area (TPSA) is 88.8 Å². The zero-order chi connectivity index (χ0) is 17.2. The summed E-state index contributed by atoms with van der Waals surface area (Å²) in [7, 11) is 1.67.